The molecular formula is C20H20O4. The Balaban J connectivity index is 1.92. The van der Waals surface area contributed by atoms with Crippen molar-refractivity contribution in [3.63, 3.8) is 0 Å². The van der Waals surface area contributed by atoms with Gasteiger partial charge in [0.15, 0.2) is 0 Å². The molecule has 4 heteroatoms. The third-order valence-corrected chi connectivity index (χ3v) is 3.40. The maximum atomic E-state index is 12.0. The minimum atomic E-state index is -0.528. The lowest BCUT2D eigenvalue weighted by Crippen LogP contribution is -2.10. The third-order valence-electron chi connectivity index (χ3n) is 3.40. The van der Waals surface area contributed by atoms with Crippen LogP contribution in [0.2, 0.25) is 0 Å². The maximum absolute atomic E-state index is 12.0. The van der Waals surface area contributed by atoms with Crippen LogP contribution in [0.1, 0.15) is 30.6 Å². The summed E-state index contributed by atoms with van der Waals surface area (Å²) in [7, 11) is 0. The molecule has 0 saturated heterocycles. The SMILES string of the molecule is C=C[C@H](OC(=O)CCc1ccccc1)c1ccc(OC(C)=O)cc1. The van der Waals surface area contributed by atoms with Gasteiger partial charge < -0.3 is 9.47 Å². The highest BCUT2D eigenvalue weighted by Crippen LogP contribution is 2.22. The summed E-state index contributed by atoms with van der Waals surface area (Å²) in [6, 6.07) is 16.6. The Morgan fingerprint density at radius 3 is 2.33 bits per heavy atom. The summed E-state index contributed by atoms with van der Waals surface area (Å²) >= 11 is 0. The second kappa shape index (κ2) is 8.67. The van der Waals surface area contributed by atoms with E-state index < -0.39 is 6.10 Å². The molecule has 0 bridgehead atoms. The number of rotatable bonds is 7. The predicted molar refractivity (Wildman–Crippen MR) is 91.5 cm³/mol. The lowest BCUT2D eigenvalue weighted by molar-refractivity contribution is -0.147. The largest absolute Gasteiger partial charge is 0.453 e. The van der Waals surface area contributed by atoms with Gasteiger partial charge >= 0.3 is 11.9 Å². The van der Waals surface area contributed by atoms with Crippen LogP contribution >= 0.6 is 0 Å². The molecule has 0 N–H and O–H groups in total. The molecule has 124 valence electrons. The standard InChI is InChI=1S/C20H20O4/c1-3-19(17-10-12-18(13-11-17)23-15(2)21)24-20(22)14-9-16-7-5-4-6-8-16/h3-8,10-13,19H,1,9,14H2,2H3/t19-/m0/s1. The first kappa shape index (κ1) is 17.5. The van der Waals surface area contributed by atoms with Crippen molar-refractivity contribution in [2.75, 3.05) is 0 Å². The first-order chi connectivity index (χ1) is 11.6. The van der Waals surface area contributed by atoms with E-state index in [0.717, 1.165) is 11.1 Å². The van der Waals surface area contributed by atoms with Crippen molar-refractivity contribution in [2.24, 2.45) is 0 Å². The second-order valence-corrected chi connectivity index (χ2v) is 5.29. The molecule has 0 aromatic heterocycles. The fraction of sp³-hybridized carbons (Fsp3) is 0.200. The minimum Gasteiger partial charge on any atom is -0.453 e. The van der Waals surface area contributed by atoms with Crippen molar-refractivity contribution in [1.29, 1.82) is 0 Å². The van der Waals surface area contributed by atoms with E-state index in [-0.39, 0.29) is 11.9 Å². The summed E-state index contributed by atoms with van der Waals surface area (Å²) in [4.78, 5) is 22.9. The van der Waals surface area contributed by atoms with Gasteiger partial charge in [-0.15, -0.1) is 0 Å². The van der Waals surface area contributed by atoms with E-state index in [1.54, 1.807) is 30.3 Å². The predicted octanol–water partition coefficient (Wildman–Crippen LogP) is 4.02. The first-order valence-electron chi connectivity index (χ1n) is 7.73. The third kappa shape index (κ3) is 5.39. The zero-order chi connectivity index (χ0) is 17.4. The molecule has 4 nitrogen and oxygen atoms in total. The van der Waals surface area contributed by atoms with Gasteiger partial charge in [-0.05, 0) is 35.8 Å². The molecule has 2 aromatic rings. The van der Waals surface area contributed by atoms with E-state index >= 15 is 0 Å². The van der Waals surface area contributed by atoms with Gasteiger partial charge in [-0.1, -0.05) is 49.0 Å². The molecule has 0 heterocycles. The van der Waals surface area contributed by atoms with Gasteiger partial charge in [-0.2, -0.15) is 0 Å². The molecule has 24 heavy (non-hydrogen) atoms. The van der Waals surface area contributed by atoms with E-state index in [4.69, 9.17) is 9.47 Å². The highest BCUT2D eigenvalue weighted by molar-refractivity contribution is 5.70. The van der Waals surface area contributed by atoms with E-state index in [1.807, 2.05) is 30.3 Å². The van der Waals surface area contributed by atoms with Crippen molar-refractivity contribution < 1.29 is 19.1 Å². The quantitative estimate of drug-likeness (QED) is 0.438. The van der Waals surface area contributed by atoms with E-state index in [0.29, 0.717) is 18.6 Å². The Morgan fingerprint density at radius 1 is 1.08 bits per heavy atom. The molecule has 2 rings (SSSR count). The molecule has 0 fully saturated rings. The zero-order valence-corrected chi connectivity index (χ0v) is 13.6. The molecule has 0 unspecified atom stereocenters. The van der Waals surface area contributed by atoms with Crippen LogP contribution in [0.4, 0.5) is 0 Å². The summed E-state index contributed by atoms with van der Waals surface area (Å²) in [5.74, 6) is -0.215. The Bertz CT molecular complexity index is 689. The average molecular weight is 324 g/mol. The molecule has 0 radical (unpaired) electrons. The van der Waals surface area contributed by atoms with Crippen LogP contribution in [0.5, 0.6) is 5.75 Å². The van der Waals surface area contributed by atoms with Crippen molar-refractivity contribution in [3.8, 4) is 5.75 Å². The van der Waals surface area contributed by atoms with E-state index in [1.165, 1.54) is 6.92 Å². The molecule has 0 spiro atoms. The van der Waals surface area contributed by atoms with E-state index in [9.17, 15) is 9.59 Å². The summed E-state index contributed by atoms with van der Waals surface area (Å²) in [5.41, 5.74) is 1.87. The number of hydrogen-bond acceptors (Lipinski definition) is 4. The number of esters is 2. The Labute approximate surface area is 141 Å². The molecular weight excluding hydrogens is 304 g/mol. The molecule has 0 amide bonds. The van der Waals surface area contributed by atoms with Crippen LogP contribution in [-0.2, 0) is 20.7 Å². The summed E-state index contributed by atoms with van der Waals surface area (Å²) in [5, 5.41) is 0. The fourth-order valence-corrected chi connectivity index (χ4v) is 2.24. The smallest absolute Gasteiger partial charge is 0.308 e. The van der Waals surface area contributed by atoms with Crippen LogP contribution in [0.3, 0.4) is 0 Å². The molecule has 0 aliphatic rings. The fourth-order valence-electron chi connectivity index (χ4n) is 2.24. The van der Waals surface area contributed by atoms with Crippen LogP contribution in [0, 0.1) is 0 Å². The zero-order valence-electron chi connectivity index (χ0n) is 13.6. The van der Waals surface area contributed by atoms with Gasteiger partial charge in [-0.3, -0.25) is 9.59 Å². The Kier molecular flexibility index (Phi) is 6.32. The van der Waals surface area contributed by atoms with Gasteiger partial charge in [0.25, 0.3) is 0 Å². The second-order valence-electron chi connectivity index (χ2n) is 5.29. The molecule has 0 aliphatic heterocycles. The molecule has 1 atom stereocenters. The highest BCUT2D eigenvalue weighted by atomic mass is 16.5. The monoisotopic (exact) mass is 324 g/mol. The molecule has 0 saturated carbocycles. The van der Waals surface area contributed by atoms with Crippen molar-refractivity contribution >= 4 is 11.9 Å². The topological polar surface area (TPSA) is 52.6 Å². The van der Waals surface area contributed by atoms with E-state index in [2.05, 4.69) is 6.58 Å². The number of aryl methyl sites for hydroxylation is 1. The van der Waals surface area contributed by atoms with Crippen LogP contribution in [-0.4, -0.2) is 11.9 Å². The average Bonchev–Trinajstić information content (AvgIpc) is 2.59. The Hall–Kier alpha value is -2.88. The summed E-state index contributed by atoms with van der Waals surface area (Å²) in [6.45, 7) is 5.06. The van der Waals surface area contributed by atoms with Crippen molar-refractivity contribution in [2.45, 2.75) is 25.9 Å². The van der Waals surface area contributed by atoms with Gasteiger partial charge in [0.2, 0.25) is 0 Å². The lowest BCUT2D eigenvalue weighted by atomic mass is 10.1. The first-order valence-corrected chi connectivity index (χ1v) is 7.73. The van der Waals surface area contributed by atoms with Gasteiger partial charge in [0.1, 0.15) is 11.9 Å². The lowest BCUT2D eigenvalue weighted by Gasteiger charge is -2.15. The number of carbonyl (C=O) groups is 2. The van der Waals surface area contributed by atoms with Gasteiger partial charge in [-0.25, -0.2) is 0 Å². The number of ether oxygens (including phenoxy) is 2. The van der Waals surface area contributed by atoms with Crippen molar-refractivity contribution in [3.05, 3.63) is 78.4 Å². The van der Waals surface area contributed by atoms with Crippen LogP contribution in [0.15, 0.2) is 67.3 Å². The summed E-state index contributed by atoms with van der Waals surface area (Å²) < 4.78 is 10.4. The number of hydrogen-bond donors (Lipinski definition) is 0. The van der Waals surface area contributed by atoms with Gasteiger partial charge in [0.05, 0.1) is 0 Å². The highest BCUT2D eigenvalue weighted by Gasteiger charge is 2.14. The molecule has 0 aliphatic carbocycles. The number of carbonyl (C=O) groups excluding carboxylic acids is 2. The maximum Gasteiger partial charge on any atom is 0.308 e. The number of benzene rings is 2. The van der Waals surface area contributed by atoms with Crippen LogP contribution < -0.4 is 4.74 Å². The normalized spacial score (nSPS) is 11.4. The molecule has 2 aromatic carbocycles. The summed E-state index contributed by atoms with van der Waals surface area (Å²) in [6.07, 6.45) is 1.98. The minimum absolute atomic E-state index is 0.284. The van der Waals surface area contributed by atoms with Gasteiger partial charge in [0, 0.05) is 13.3 Å². The van der Waals surface area contributed by atoms with Crippen molar-refractivity contribution in [1.82, 2.24) is 0 Å². The van der Waals surface area contributed by atoms with Crippen LogP contribution in [0.25, 0.3) is 0 Å². The Morgan fingerprint density at radius 2 is 1.75 bits per heavy atom.